The van der Waals surface area contributed by atoms with Crippen LogP contribution in [-0.4, -0.2) is 65.2 Å². The number of urea groups is 1. The van der Waals surface area contributed by atoms with Crippen molar-refractivity contribution in [1.82, 2.24) is 15.0 Å². The summed E-state index contributed by atoms with van der Waals surface area (Å²) >= 11 is 0. The minimum absolute atomic E-state index is 0.106. The van der Waals surface area contributed by atoms with Crippen molar-refractivity contribution in [2.45, 2.75) is 50.8 Å². The largest absolute Gasteiger partial charge is 0.475 e. The number of carbonyl (C=O) groups excluding carboxylic acids is 1. The molecule has 2 atom stereocenters. The minimum Gasteiger partial charge on any atom is -0.475 e. The molecule has 2 saturated heterocycles. The first-order valence-electron chi connectivity index (χ1n) is 13.4. The molecule has 0 aliphatic carbocycles. The number of benzene rings is 1. The summed E-state index contributed by atoms with van der Waals surface area (Å²) in [5.74, 6) is 0.108. The van der Waals surface area contributed by atoms with Gasteiger partial charge in [0, 0.05) is 36.6 Å². The third-order valence-electron chi connectivity index (χ3n) is 7.22. The number of hydrogen-bond acceptors (Lipinski definition) is 8. The van der Waals surface area contributed by atoms with Crippen molar-refractivity contribution in [3.05, 3.63) is 54.4 Å². The molecule has 13 heteroatoms. The van der Waals surface area contributed by atoms with E-state index in [2.05, 4.69) is 25.2 Å². The number of amides is 2. The Labute approximate surface area is 234 Å². The first-order valence-corrected chi connectivity index (χ1v) is 13.4. The number of carbonyl (C=O) groups is 1. The van der Waals surface area contributed by atoms with E-state index in [1.165, 1.54) is 18.3 Å². The number of pyridine rings is 1. The molecule has 216 valence electrons. The van der Waals surface area contributed by atoms with E-state index in [0.29, 0.717) is 36.2 Å². The molecule has 1 N–H and O–H groups in total. The summed E-state index contributed by atoms with van der Waals surface area (Å²) in [5, 5.41) is 2.91. The van der Waals surface area contributed by atoms with Crippen LogP contribution in [0.25, 0.3) is 11.4 Å². The van der Waals surface area contributed by atoms with E-state index < -0.39 is 23.6 Å². The maximum Gasteiger partial charge on any atom is 0.416 e. The van der Waals surface area contributed by atoms with Crippen molar-refractivity contribution in [3.63, 3.8) is 0 Å². The summed E-state index contributed by atoms with van der Waals surface area (Å²) in [5.41, 5.74) is 0.547. The summed E-state index contributed by atoms with van der Waals surface area (Å²) < 4.78 is 57.1. The van der Waals surface area contributed by atoms with E-state index in [4.69, 9.17) is 14.2 Å². The molecule has 2 fully saturated rings. The molecular weight excluding hydrogens is 541 g/mol. The fourth-order valence-corrected chi connectivity index (χ4v) is 5.33. The van der Waals surface area contributed by atoms with Crippen LogP contribution in [0.4, 0.5) is 35.2 Å². The van der Waals surface area contributed by atoms with Crippen LogP contribution in [0, 0.1) is 0 Å². The molecule has 2 unspecified atom stereocenters. The van der Waals surface area contributed by atoms with E-state index in [-0.39, 0.29) is 30.1 Å². The lowest BCUT2D eigenvalue weighted by Crippen LogP contribution is -2.56. The molecule has 3 aromatic rings. The van der Waals surface area contributed by atoms with Gasteiger partial charge in [-0.25, -0.2) is 19.7 Å². The van der Waals surface area contributed by atoms with Gasteiger partial charge in [0.05, 0.1) is 30.1 Å². The Balaban J connectivity index is 1.24. The molecule has 0 saturated carbocycles. The Kier molecular flexibility index (Phi) is 6.94. The second-order valence-corrected chi connectivity index (χ2v) is 10.7. The molecule has 0 radical (unpaired) electrons. The van der Waals surface area contributed by atoms with Gasteiger partial charge in [-0.1, -0.05) is 12.1 Å². The molecular formula is C28H29F3N6O4. The molecule has 5 heterocycles. The highest BCUT2D eigenvalue weighted by Gasteiger charge is 2.39. The van der Waals surface area contributed by atoms with Crippen molar-refractivity contribution in [2.75, 3.05) is 41.4 Å². The number of alkyl halides is 3. The molecule has 6 rings (SSSR count). The average molecular weight is 571 g/mol. The standard InChI is InChI=1S/C28H29F3N6O4/c1-27(2)40-16-21(41-27)15-39-23-12-19(8-9-32-23)34-26(38)37-20-7-4-10-36(14-20)22-13-33-24(35-25(22)37)17-5-3-6-18(11-17)28(29,30)31/h3,5-6,8-9,11-13,20-21H,4,7,10,14-16H2,1-2H3,(H,32,34,38). The highest BCUT2D eigenvalue weighted by molar-refractivity contribution is 6.04. The number of aromatic nitrogens is 3. The summed E-state index contributed by atoms with van der Waals surface area (Å²) in [4.78, 5) is 30.6. The Bertz CT molecular complexity index is 1450. The Morgan fingerprint density at radius 2 is 2.07 bits per heavy atom. The van der Waals surface area contributed by atoms with Crippen LogP contribution in [0.3, 0.4) is 0 Å². The zero-order valence-electron chi connectivity index (χ0n) is 22.5. The van der Waals surface area contributed by atoms with E-state index in [1.807, 2.05) is 13.8 Å². The number of piperidine rings is 1. The van der Waals surface area contributed by atoms with Gasteiger partial charge < -0.3 is 24.4 Å². The van der Waals surface area contributed by atoms with Crippen LogP contribution in [0.2, 0.25) is 0 Å². The minimum atomic E-state index is -4.50. The van der Waals surface area contributed by atoms with Crippen LogP contribution in [0.5, 0.6) is 5.88 Å². The van der Waals surface area contributed by atoms with E-state index in [1.54, 1.807) is 23.2 Å². The third-order valence-corrected chi connectivity index (χ3v) is 7.22. The fraction of sp³-hybridized carbons (Fsp3) is 0.429. The van der Waals surface area contributed by atoms with Crippen LogP contribution in [0.15, 0.2) is 48.8 Å². The molecule has 0 spiro atoms. The van der Waals surface area contributed by atoms with Crippen LogP contribution in [-0.2, 0) is 15.7 Å². The number of ether oxygens (including phenoxy) is 3. The number of hydrogen-bond donors (Lipinski definition) is 1. The zero-order valence-corrected chi connectivity index (χ0v) is 22.5. The van der Waals surface area contributed by atoms with Crippen molar-refractivity contribution in [3.8, 4) is 17.3 Å². The lowest BCUT2D eigenvalue weighted by molar-refractivity contribution is -0.141. The van der Waals surface area contributed by atoms with Gasteiger partial charge >= 0.3 is 12.2 Å². The monoisotopic (exact) mass is 570 g/mol. The van der Waals surface area contributed by atoms with Gasteiger partial charge in [-0.05, 0) is 44.9 Å². The van der Waals surface area contributed by atoms with Gasteiger partial charge in [0.25, 0.3) is 0 Å². The number of nitrogens with zero attached hydrogens (tertiary/aromatic N) is 5. The lowest BCUT2D eigenvalue weighted by atomic mass is 10.0. The maximum atomic E-state index is 13.7. The molecule has 2 amide bonds. The Hall–Kier alpha value is -3.97. The van der Waals surface area contributed by atoms with Crippen molar-refractivity contribution < 1.29 is 32.2 Å². The van der Waals surface area contributed by atoms with Gasteiger partial charge in [-0.3, -0.25) is 4.90 Å². The highest BCUT2D eigenvalue weighted by atomic mass is 19.4. The van der Waals surface area contributed by atoms with Crippen molar-refractivity contribution in [1.29, 1.82) is 0 Å². The van der Waals surface area contributed by atoms with Crippen LogP contribution in [0.1, 0.15) is 32.3 Å². The first kappa shape index (κ1) is 27.2. The normalized spacial score (nSPS) is 21.4. The van der Waals surface area contributed by atoms with Gasteiger partial charge in [-0.2, -0.15) is 13.2 Å². The topological polar surface area (TPSA) is 102 Å². The Morgan fingerprint density at radius 1 is 1.22 bits per heavy atom. The van der Waals surface area contributed by atoms with Crippen molar-refractivity contribution >= 4 is 23.2 Å². The summed E-state index contributed by atoms with van der Waals surface area (Å²) in [6.45, 7) is 5.69. The average Bonchev–Trinajstić information content (AvgIpc) is 3.30. The van der Waals surface area contributed by atoms with Crippen molar-refractivity contribution in [2.24, 2.45) is 0 Å². The molecule has 2 bridgehead atoms. The summed E-state index contributed by atoms with van der Waals surface area (Å²) in [6, 6.07) is 7.53. The predicted molar refractivity (Wildman–Crippen MR) is 144 cm³/mol. The number of halogens is 3. The summed E-state index contributed by atoms with van der Waals surface area (Å²) in [7, 11) is 0. The van der Waals surface area contributed by atoms with E-state index >= 15 is 0 Å². The first-order chi connectivity index (χ1) is 19.6. The highest BCUT2D eigenvalue weighted by Crippen LogP contribution is 2.39. The Morgan fingerprint density at radius 3 is 2.85 bits per heavy atom. The van der Waals surface area contributed by atoms with Gasteiger partial charge in [0.1, 0.15) is 12.7 Å². The van der Waals surface area contributed by atoms with Crippen LogP contribution >= 0.6 is 0 Å². The van der Waals surface area contributed by atoms with Crippen LogP contribution < -0.4 is 19.9 Å². The van der Waals surface area contributed by atoms with E-state index in [0.717, 1.165) is 31.5 Å². The number of fused-ring (bicyclic) bond motifs is 4. The molecule has 41 heavy (non-hydrogen) atoms. The van der Waals surface area contributed by atoms with Gasteiger partial charge in [0.2, 0.25) is 5.88 Å². The second-order valence-electron chi connectivity index (χ2n) is 10.7. The SMILES string of the molecule is CC1(C)OCC(COc2cc(NC(=O)N3c4nc(-c5cccc(C(F)(F)F)c5)ncc4N4CCCC3C4)ccn2)O1. The number of nitrogens with one attached hydrogen (secondary N) is 1. The molecule has 10 nitrogen and oxygen atoms in total. The maximum absolute atomic E-state index is 13.7. The molecule has 3 aliphatic heterocycles. The fourth-order valence-electron chi connectivity index (χ4n) is 5.33. The number of anilines is 3. The quantitative estimate of drug-likeness (QED) is 0.452. The smallest absolute Gasteiger partial charge is 0.416 e. The predicted octanol–water partition coefficient (Wildman–Crippen LogP) is 5.11. The van der Waals surface area contributed by atoms with E-state index in [9.17, 15) is 18.0 Å². The summed E-state index contributed by atoms with van der Waals surface area (Å²) in [6.07, 6.45) is 0.00221. The lowest BCUT2D eigenvalue weighted by Gasteiger charge is -2.45. The molecule has 3 aliphatic rings. The van der Waals surface area contributed by atoms with Gasteiger partial charge in [0.15, 0.2) is 17.4 Å². The molecule has 2 aromatic heterocycles. The third kappa shape index (κ3) is 5.77. The second kappa shape index (κ2) is 10.5. The zero-order chi connectivity index (χ0) is 28.8. The number of rotatable bonds is 5. The van der Waals surface area contributed by atoms with Gasteiger partial charge in [-0.15, -0.1) is 0 Å². The molecule has 1 aromatic carbocycles.